The maximum absolute atomic E-state index is 12.1. The zero-order valence-corrected chi connectivity index (χ0v) is 16.2. The summed E-state index contributed by atoms with van der Waals surface area (Å²) < 4.78 is 7.05. The molecule has 1 amide bonds. The predicted octanol–water partition coefficient (Wildman–Crippen LogP) is 1.71. The van der Waals surface area contributed by atoms with Crippen LogP contribution in [0.25, 0.3) is 5.65 Å². The molecule has 1 unspecified atom stereocenters. The molecule has 2 aliphatic rings. The minimum atomic E-state index is 0.294. The first-order chi connectivity index (χ1) is 13.2. The second-order valence-electron chi connectivity index (χ2n) is 7.68. The van der Waals surface area contributed by atoms with Gasteiger partial charge in [0.25, 0.3) is 0 Å². The molecule has 0 aliphatic carbocycles. The van der Waals surface area contributed by atoms with Crippen molar-refractivity contribution in [3.05, 3.63) is 18.0 Å². The van der Waals surface area contributed by atoms with Crippen LogP contribution in [0.15, 0.2) is 12.1 Å². The zero-order valence-electron chi connectivity index (χ0n) is 16.2. The number of fused-ring (bicyclic) bond motifs is 1. The number of hydrogen-bond acceptors (Lipinski definition) is 6. The van der Waals surface area contributed by atoms with Gasteiger partial charge in [0.1, 0.15) is 0 Å². The molecular weight excluding hydrogens is 344 g/mol. The van der Waals surface area contributed by atoms with E-state index in [0.29, 0.717) is 30.2 Å². The van der Waals surface area contributed by atoms with E-state index in [1.165, 1.54) is 0 Å². The fraction of sp³-hybridized carbons (Fsp3) is 0.684. The Balaban J connectivity index is 1.40. The number of likely N-dealkylation sites (N-methyl/N-ethyl adjacent to an activating group) is 1. The summed E-state index contributed by atoms with van der Waals surface area (Å²) in [7, 11) is 3.58. The lowest BCUT2D eigenvalue weighted by Gasteiger charge is -2.36. The van der Waals surface area contributed by atoms with Crippen LogP contribution in [0.4, 0.5) is 0 Å². The molecule has 2 aliphatic heterocycles. The van der Waals surface area contributed by atoms with Crippen LogP contribution >= 0.6 is 0 Å². The SMILES string of the molecule is COc1ccc2nnc(C3CCN(CC4CCCCC(=O)N4C)CC3)n2n1. The third kappa shape index (κ3) is 3.76. The Labute approximate surface area is 159 Å². The second-order valence-corrected chi connectivity index (χ2v) is 7.68. The molecule has 4 heterocycles. The minimum absolute atomic E-state index is 0.294. The van der Waals surface area contributed by atoms with Gasteiger partial charge in [-0.25, -0.2) is 0 Å². The Morgan fingerprint density at radius 3 is 2.74 bits per heavy atom. The summed E-state index contributed by atoms with van der Waals surface area (Å²) >= 11 is 0. The van der Waals surface area contributed by atoms with Crippen molar-refractivity contribution in [1.82, 2.24) is 29.6 Å². The fourth-order valence-corrected chi connectivity index (χ4v) is 4.27. The van der Waals surface area contributed by atoms with Crippen molar-refractivity contribution in [2.45, 2.75) is 50.5 Å². The molecule has 146 valence electrons. The molecule has 2 saturated heterocycles. The molecule has 27 heavy (non-hydrogen) atoms. The summed E-state index contributed by atoms with van der Waals surface area (Å²) in [6, 6.07) is 4.04. The number of carbonyl (C=O) groups excluding carboxylic acids is 1. The third-order valence-corrected chi connectivity index (χ3v) is 6.01. The van der Waals surface area contributed by atoms with Crippen molar-refractivity contribution in [3.8, 4) is 5.88 Å². The maximum Gasteiger partial charge on any atom is 0.231 e. The van der Waals surface area contributed by atoms with Gasteiger partial charge in [-0.15, -0.1) is 15.3 Å². The molecule has 0 N–H and O–H groups in total. The van der Waals surface area contributed by atoms with Crippen LogP contribution in [0.5, 0.6) is 5.88 Å². The summed E-state index contributed by atoms with van der Waals surface area (Å²) in [6.45, 7) is 3.01. The average Bonchev–Trinajstić information content (AvgIpc) is 3.06. The van der Waals surface area contributed by atoms with Gasteiger partial charge in [0, 0.05) is 38.0 Å². The van der Waals surface area contributed by atoms with E-state index in [4.69, 9.17) is 4.74 Å². The fourth-order valence-electron chi connectivity index (χ4n) is 4.27. The molecular formula is C19H28N6O2. The van der Waals surface area contributed by atoms with E-state index in [1.54, 1.807) is 13.2 Å². The Hall–Kier alpha value is -2.22. The van der Waals surface area contributed by atoms with Crippen LogP contribution < -0.4 is 4.74 Å². The Morgan fingerprint density at radius 2 is 1.96 bits per heavy atom. The molecule has 2 fully saturated rings. The summed E-state index contributed by atoms with van der Waals surface area (Å²) in [5.74, 6) is 2.14. The molecule has 2 aromatic rings. The molecule has 0 saturated carbocycles. The van der Waals surface area contributed by atoms with Crippen LogP contribution in [0.1, 0.15) is 50.3 Å². The maximum atomic E-state index is 12.1. The normalized spacial score (nSPS) is 23.0. The lowest BCUT2D eigenvalue weighted by Crippen LogP contribution is -2.46. The number of methoxy groups -OCH3 is 1. The van der Waals surface area contributed by atoms with Crippen LogP contribution in [-0.2, 0) is 4.79 Å². The Bertz CT molecular complexity index is 799. The van der Waals surface area contributed by atoms with Crippen molar-refractivity contribution in [2.24, 2.45) is 0 Å². The summed E-state index contributed by atoms with van der Waals surface area (Å²) in [5, 5.41) is 13.1. The molecule has 4 rings (SSSR count). The van der Waals surface area contributed by atoms with Gasteiger partial charge in [0.15, 0.2) is 11.5 Å². The van der Waals surface area contributed by atoms with E-state index >= 15 is 0 Å². The largest absolute Gasteiger partial charge is 0.480 e. The minimum Gasteiger partial charge on any atom is -0.480 e. The van der Waals surface area contributed by atoms with Crippen molar-refractivity contribution >= 4 is 11.6 Å². The van der Waals surface area contributed by atoms with Crippen molar-refractivity contribution < 1.29 is 9.53 Å². The molecule has 0 spiro atoms. The first-order valence-corrected chi connectivity index (χ1v) is 9.90. The quantitative estimate of drug-likeness (QED) is 0.813. The van der Waals surface area contributed by atoms with Gasteiger partial charge in [0.05, 0.1) is 7.11 Å². The van der Waals surface area contributed by atoms with E-state index in [2.05, 4.69) is 20.2 Å². The predicted molar refractivity (Wildman–Crippen MR) is 101 cm³/mol. The van der Waals surface area contributed by atoms with Crippen molar-refractivity contribution in [2.75, 3.05) is 33.8 Å². The number of amides is 1. The van der Waals surface area contributed by atoms with E-state index in [9.17, 15) is 4.79 Å². The van der Waals surface area contributed by atoms with Gasteiger partial charge >= 0.3 is 0 Å². The molecule has 0 radical (unpaired) electrons. The average molecular weight is 372 g/mol. The number of piperidine rings is 1. The molecule has 0 aromatic carbocycles. The van der Waals surface area contributed by atoms with E-state index in [-0.39, 0.29) is 0 Å². The Kier molecular flexibility index (Phi) is 5.24. The molecule has 0 bridgehead atoms. The molecule has 2 aromatic heterocycles. The number of likely N-dealkylation sites (tertiary alicyclic amines) is 2. The number of hydrogen-bond donors (Lipinski definition) is 0. The highest BCUT2D eigenvalue weighted by Gasteiger charge is 2.29. The highest BCUT2D eigenvalue weighted by atomic mass is 16.5. The standard InChI is InChI=1S/C19H28N6O2/c1-23-15(5-3-4-6-18(23)26)13-24-11-9-14(10-12-24)19-21-20-16-7-8-17(27-2)22-25(16)19/h7-8,14-15H,3-6,9-13H2,1-2H3. The van der Waals surface area contributed by atoms with Crippen LogP contribution in [0.2, 0.25) is 0 Å². The highest BCUT2D eigenvalue weighted by Crippen LogP contribution is 2.28. The topological polar surface area (TPSA) is 75.9 Å². The van der Waals surface area contributed by atoms with Gasteiger partial charge in [-0.1, -0.05) is 6.42 Å². The number of carbonyl (C=O) groups is 1. The second kappa shape index (κ2) is 7.80. The zero-order chi connectivity index (χ0) is 18.8. The first kappa shape index (κ1) is 18.2. The lowest BCUT2D eigenvalue weighted by molar-refractivity contribution is -0.131. The molecule has 1 atom stereocenters. The number of rotatable bonds is 4. The monoisotopic (exact) mass is 372 g/mol. The van der Waals surface area contributed by atoms with Crippen LogP contribution in [0, 0.1) is 0 Å². The summed E-state index contributed by atoms with van der Waals surface area (Å²) in [5.41, 5.74) is 0.756. The summed E-state index contributed by atoms with van der Waals surface area (Å²) in [4.78, 5) is 16.6. The van der Waals surface area contributed by atoms with Gasteiger partial charge < -0.3 is 14.5 Å². The van der Waals surface area contributed by atoms with E-state index in [0.717, 1.165) is 63.2 Å². The number of ether oxygens (including phenoxy) is 1. The number of aromatic nitrogens is 4. The van der Waals surface area contributed by atoms with E-state index in [1.807, 2.05) is 22.5 Å². The highest BCUT2D eigenvalue weighted by molar-refractivity contribution is 5.76. The van der Waals surface area contributed by atoms with Gasteiger partial charge in [0.2, 0.25) is 11.8 Å². The third-order valence-electron chi connectivity index (χ3n) is 6.01. The van der Waals surface area contributed by atoms with Gasteiger partial charge in [-0.3, -0.25) is 4.79 Å². The molecule has 8 heteroatoms. The number of nitrogens with zero attached hydrogens (tertiary/aromatic N) is 6. The van der Waals surface area contributed by atoms with Gasteiger partial charge in [-0.05, 0) is 44.8 Å². The smallest absolute Gasteiger partial charge is 0.231 e. The van der Waals surface area contributed by atoms with E-state index < -0.39 is 0 Å². The van der Waals surface area contributed by atoms with Crippen LogP contribution in [0.3, 0.4) is 0 Å². The lowest BCUT2D eigenvalue weighted by atomic mass is 9.95. The van der Waals surface area contributed by atoms with Crippen molar-refractivity contribution in [1.29, 1.82) is 0 Å². The molecule has 8 nitrogen and oxygen atoms in total. The van der Waals surface area contributed by atoms with Gasteiger partial charge in [-0.2, -0.15) is 4.52 Å². The first-order valence-electron chi connectivity index (χ1n) is 9.90. The van der Waals surface area contributed by atoms with Crippen molar-refractivity contribution in [3.63, 3.8) is 0 Å². The Morgan fingerprint density at radius 1 is 1.15 bits per heavy atom. The summed E-state index contributed by atoms with van der Waals surface area (Å²) in [6.07, 6.45) is 6.05. The van der Waals surface area contributed by atoms with Crippen LogP contribution in [-0.4, -0.2) is 75.4 Å².